The second-order valence-electron chi connectivity index (χ2n) is 7.23. The number of fused-ring (bicyclic) bond motifs is 1. The molecular formula is C21H23F3N4O. The molecule has 1 aromatic carbocycles. The maximum atomic E-state index is 12.9. The minimum atomic E-state index is -4.41. The van der Waals surface area contributed by atoms with Crippen molar-refractivity contribution < 1.29 is 18.0 Å². The molecule has 3 rings (SSSR count). The van der Waals surface area contributed by atoms with Crippen LogP contribution in [0.5, 0.6) is 0 Å². The molecule has 154 valence electrons. The van der Waals surface area contributed by atoms with Gasteiger partial charge in [-0.1, -0.05) is 12.1 Å². The molecule has 1 unspecified atom stereocenters. The molecule has 0 aliphatic carbocycles. The standard InChI is InChI=1S/C21H23F3N4O/c1-12-10-19-25-14(3)18(15(4)28(19)27-12)8-9-20(29)26-13(2)16-6-5-7-17(11-16)21(22,23)24/h5-7,10-11,13H,8-9H2,1-4H3,(H,26,29). The molecule has 2 aromatic heterocycles. The number of nitrogens with zero attached hydrogens (tertiary/aromatic N) is 3. The van der Waals surface area contributed by atoms with Crippen molar-refractivity contribution in [2.24, 2.45) is 0 Å². The summed E-state index contributed by atoms with van der Waals surface area (Å²) in [6.07, 6.45) is -3.73. The Labute approximate surface area is 167 Å². The summed E-state index contributed by atoms with van der Waals surface area (Å²) >= 11 is 0. The Balaban J connectivity index is 1.68. The van der Waals surface area contributed by atoms with Crippen LogP contribution in [0.1, 0.15) is 53.2 Å². The van der Waals surface area contributed by atoms with Crippen molar-refractivity contribution in [1.82, 2.24) is 19.9 Å². The fraction of sp³-hybridized carbons (Fsp3) is 0.381. The SMILES string of the molecule is Cc1cc2nc(C)c(CCC(=O)NC(C)c3cccc(C(F)(F)F)c3)c(C)n2n1. The van der Waals surface area contributed by atoms with E-state index in [-0.39, 0.29) is 12.3 Å². The lowest BCUT2D eigenvalue weighted by Gasteiger charge is -2.17. The molecule has 1 atom stereocenters. The van der Waals surface area contributed by atoms with E-state index in [0.717, 1.165) is 40.4 Å². The summed E-state index contributed by atoms with van der Waals surface area (Å²) in [6.45, 7) is 7.40. The number of rotatable bonds is 5. The molecule has 0 spiro atoms. The highest BCUT2D eigenvalue weighted by Crippen LogP contribution is 2.30. The van der Waals surface area contributed by atoms with Crippen LogP contribution in [0.3, 0.4) is 0 Å². The van der Waals surface area contributed by atoms with Gasteiger partial charge in [-0.25, -0.2) is 9.50 Å². The number of hydrogen-bond acceptors (Lipinski definition) is 3. The molecule has 5 nitrogen and oxygen atoms in total. The number of hydrogen-bond donors (Lipinski definition) is 1. The van der Waals surface area contributed by atoms with Crippen LogP contribution in [0.4, 0.5) is 13.2 Å². The second kappa shape index (κ2) is 7.85. The number of nitrogens with one attached hydrogen (secondary N) is 1. The molecule has 0 radical (unpaired) electrons. The van der Waals surface area contributed by atoms with E-state index in [1.807, 2.05) is 26.8 Å². The summed E-state index contributed by atoms with van der Waals surface area (Å²) in [5, 5.41) is 7.20. The number of aryl methyl sites for hydroxylation is 3. The zero-order valence-electron chi connectivity index (χ0n) is 16.8. The number of carbonyl (C=O) groups is 1. The lowest BCUT2D eigenvalue weighted by Crippen LogP contribution is -2.27. The number of carbonyl (C=O) groups excluding carboxylic acids is 1. The minimum Gasteiger partial charge on any atom is -0.350 e. The molecule has 0 saturated carbocycles. The van der Waals surface area contributed by atoms with E-state index >= 15 is 0 Å². The quantitative estimate of drug-likeness (QED) is 0.682. The van der Waals surface area contributed by atoms with E-state index in [1.54, 1.807) is 17.5 Å². The topological polar surface area (TPSA) is 59.3 Å². The molecule has 0 fully saturated rings. The van der Waals surface area contributed by atoms with Crippen LogP contribution in [0.2, 0.25) is 0 Å². The van der Waals surface area contributed by atoms with E-state index in [2.05, 4.69) is 15.4 Å². The number of aromatic nitrogens is 3. The van der Waals surface area contributed by atoms with Crippen LogP contribution >= 0.6 is 0 Å². The molecule has 0 aliphatic rings. The molecule has 3 aromatic rings. The Morgan fingerprint density at radius 3 is 2.62 bits per heavy atom. The van der Waals surface area contributed by atoms with Gasteiger partial charge in [-0.15, -0.1) is 0 Å². The average Bonchev–Trinajstić information content (AvgIpc) is 3.01. The van der Waals surface area contributed by atoms with Gasteiger partial charge in [-0.2, -0.15) is 18.3 Å². The van der Waals surface area contributed by atoms with Crippen LogP contribution in [-0.4, -0.2) is 20.5 Å². The summed E-state index contributed by atoms with van der Waals surface area (Å²) in [7, 11) is 0. The summed E-state index contributed by atoms with van der Waals surface area (Å²) in [5.41, 5.74) is 4.04. The number of amides is 1. The van der Waals surface area contributed by atoms with Crippen LogP contribution in [-0.2, 0) is 17.4 Å². The zero-order chi connectivity index (χ0) is 21.3. The van der Waals surface area contributed by atoms with Crippen molar-refractivity contribution in [3.05, 3.63) is 64.1 Å². The van der Waals surface area contributed by atoms with Crippen LogP contribution in [0, 0.1) is 20.8 Å². The van der Waals surface area contributed by atoms with Gasteiger partial charge in [-0.3, -0.25) is 4.79 Å². The van der Waals surface area contributed by atoms with Gasteiger partial charge < -0.3 is 5.32 Å². The fourth-order valence-corrected chi connectivity index (χ4v) is 3.42. The third-order valence-electron chi connectivity index (χ3n) is 4.98. The highest BCUT2D eigenvalue weighted by molar-refractivity contribution is 5.76. The number of halogens is 3. The molecule has 0 saturated heterocycles. The van der Waals surface area contributed by atoms with Crippen LogP contribution < -0.4 is 5.32 Å². The van der Waals surface area contributed by atoms with E-state index in [4.69, 9.17) is 0 Å². The zero-order valence-corrected chi connectivity index (χ0v) is 16.8. The highest BCUT2D eigenvalue weighted by Gasteiger charge is 2.30. The number of benzene rings is 1. The first-order chi connectivity index (χ1) is 13.6. The minimum absolute atomic E-state index is 0.207. The van der Waals surface area contributed by atoms with E-state index in [0.29, 0.717) is 12.0 Å². The van der Waals surface area contributed by atoms with Crippen molar-refractivity contribution in [2.45, 2.75) is 52.8 Å². The molecule has 1 N–H and O–H groups in total. The third-order valence-corrected chi connectivity index (χ3v) is 4.98. The summed E-state index contributed by atoms with van der Waals surface area (Å²) in [5.74, 6) is -0.231. The molecule has 0 aliphatic heterocycles. The normalized spacial score (nSPS) is 12.9. The van der Waals surface area contributed by atoms with Gasteiger partial charge in [0.05, 0.1) is 17.3 Å². The molecule has 0 bridgehead atoms. The van der Waals surface area contributed by atoms with Crippen molar-refractivity contribution in [1.29, 1.82) is 0 Å². The predicted molar refractivity (Wildman–Crippen MR) is 104 cm³/mol. The lowest BCUT2D eigenvalue weighted by atomic mass is 10.0. The summed E-state index contributed by atoms with van der Waals surface area (Å²) in [4.78, 5) is 16.9. The van der Waals surface area contributed by atoms with Crippen LogP contribution in [0.15, 0.2) is 30.3 Å². The Morgan fingerprint density at radius 2 is 1.93 bits per heavy atom. The van der Waals surface area contributed by atoms with E-state index < -0.39 is 17.8 Å². The Bertz CT molecular complexity index is 1060. The van der Waals surface area contributed by atoms with Crippen LogP contribution in [0.25, 0.3) is 5.65 Å². The van der Waals surface area contributed by atoms with E-state index in [9.17, 15) is 18.0 Å². The molecular weight excluding hydrogens is 381 g/mol. The molecule has 8 heteroatoms. The maximum absolute atomic E-state index is 12.9. The van der Waals surface area contributed by atoms with Gasteiger partial charge in [0.2, 0.25) is 5.91 Å². The van der Waals surface area contributed by atoms with Crippen molar-refractivity contribution in [3.63, 3.8) is 0 Å². The molecule has 1 amide bonds. The van der Waals surface area contributed by atoms with Gasteiger partial charge in [0.15, 0.2) is 5.65 Å². The van der Waals surface area contributed by atoms with Gasteiger partial charge >= 0.3 is 6.18 Å². The predicted octanol–water partition coefficient (Wildman–Crippen LogP) is 4.48. The van der Waals surface area contributed by atoms with E-state index in [1.165, 1.54) is 6.07 Å². The van der Waals surface area contributed by atoms with Crippen molar-refractivity contribution in [3.8, 4) is 0 Å². The molecule has 2 heterocycles. The fourth-order valence-electron chi connectivity index (χ4n) is 3.42. The van der Waals surface area contributed by atoms with Crippen molar-refractivity contribution >= 4 is 11.6 Å². The molecule has 29 heavy (non-hydrogen) atoms. The first kappa shape index (κ1) is 20.8. The Morgan fingerprint density at radius 1 is 1.21 bits per heavy atom. The lowest BCUT2D eigenvalue weighted by molar-refractivity contribution is -0.137. The first-order valence-electron chi connectivity index (χ1n) is 9.35. The van der Waals surface area contributed by atoms with Gasteiger partial charge in [0.1, 0.15) is 0 Å². The maximum Gasteiger partial charge on any atom is 0.416 e. The highest BCUT2D eigenvalue weighted by atomic mass is 19.4. The first-order valence-corrected chi connectivity index (χ1v) is 9.35. The second-order valence-corrected chi connectivity index (χ2v) is 7.23. The third kappa shape index (κ3) is 4.58. The van der Waals surface area contributed by atoms with Gasteiger partial charge in [0.25, 0.3) is 0 Å². The Hall–Kier alpha value is -2.90. The largest absolute Gasteiger partial charge is 0.416 e. The average molecular weight is 404 g/mol. The van der Waals surface area contributed by atoms with Gasteiger partial charge in [-0.05, 0) is 57.4 Å². The van der Waals surface area contributed by atoms with Crippen molar-refractivity contribution in [2.75, 3.05) is 0 Å². The smallest absolute Gasteiger partial charge is 0.350 e. The monoisotopic (exact) mass is 404 g/mol. The number of alkyl halides is 3. The Kier molecular flexibility index (Phi) is 5.64. The summed E-state index contributed by atoms with van der Waals surface area (Å²) < 4.78 is 40.4. The van der Waals surface area contributed by atoms with Gasteiger partial charge in [0, 0.05) is 23.9 Å². The summed E-state index contributed by atoms with van der Waals surface area (Å²) in [6, 6.07) is 6.38.